The molecule has 206 valence electrons. The van der Waals surface area contributed by atoms with Gasteiger partial charge in [-0.3, -0.25) is 0 Å². The highest BCUT2D eigenvalue weighted by Crippen LogP contribution is 2.39. The third-order valence-electron chi connectivity index (χ3n) is 8.97. The van der Waals surface area contributed by atoms with Gasteiger partial charge in [0, 0.05) is 28.3 Å². The molecule has 0 radical (unpaired) electrons. The summed E-state index contributed by atoms with van der Waals surface area (Å²) in [5.41, 5.74) is 10.9. The number of benzene rings is 7. The third-order valence-corrected chi connectivity index (χ3v) is 8.97. The van der Waals surface area contributed by atoms with Crippen molar-refractivity contribution in [2.45, 2.75) is 0 Å². The lowest BCUT2D eigenvalue weighted by Crippen LogP contribution is -1.93. The second-order valence-electron chi connectivity index (χ2n) is 11.5. The predicted molar refractivity (Wildman–Crippen MR) is 186 cm³/mol. The van der Waals surface area contributed by atoms with Crippen molar-refractivity contribution >= 4 is 43.5 Å². The van der Waals surface area contributed by atoms with Gasteiger partial charge >= 0.3 is 0 Å². The predicted octanol–water partition coefficient (Wildman–Crippen LogP) is 11.2. The van der Waals surface area contributed by atoms with Crippen molar-refractivity contribution in [1.29, 1.82) is 0 Å². The average Bonchev–Trinajstić information content (AvgIpc) is 3.68. The summed E-state index contributed by atoms with van der Waals surface area (Å²) in [6.07, 6.45) is 2.14. The van der Waals surface area contributed by atoms with Crippen LogP contribution in [-0.2, 0) is 0 Å². The van der Waals surface area contributed by atoms with Crippen LogP contribution in [0, 0.1) is 0 Å². The van der Waals surface area contributed by atoms with Crippen LogP contribution in [0.5, 0.6) is 0 Å². The first-order valence-electron chi connectivity index (χ1n) is 15.1. The lowest BCUT2D eigenvalue weighted by atomic mass is 9.98. The van der Waals surface area contributed by atoms with Gasteiger partial charge in [-0.15, -0.1) is 0 Å². The molecule has 0 amide bonds. The van der Waals surface area contributed by atoms with E-state index in [0.717, 1.165) is 0 Å². The van der Waals surface area contributed by atoms with Crippen molar-refractivity contribution < 1.29 is 0 Å². The molecule has 9 rings (SSSR count). The van der Waals surface area contributed by atoms with Crippen molar-refractivity contribution in [3.05, 3.63) is 170 Å². The van der Waals surface area contributed by atoms with Crippen molar-refractivity contribution in [2.24, 2.45) is 0 Å². The number of hydrogen-bond donors (Lipinski definition) is 0. The van der Waals surface area contributed by atoms with E-state index >= 15 is 0 Å². The van der Waals surface area contributed by atoms with Gasteiger partial charge in [0.1, 0.15) is 0 Å². The first kappa shape index (κ1) is 24.7. The summed E-state index contributed by atoms with van der Waals surface area (Å²) in [5, 5.41) is 6.38. The molecule has 0 spiro atoms. The number of aromatic nitrogens is 2. The highest BCUT2D eigenvalue weighted by atomic mass is 15.0. The molecule has 2 heterocycles. The first-order chi connectivity index (χ1) is 21.8. The van der Waals surface area contributed by atoms with Gasteiger partial charge in [-0.1, -0.05) is 109 Å². The van der Waals surface area contributed by atoms with Gasteiger partial charge in [0.05, 0.1) is 16.6 Å². The molecule has 0 bridgehead atoms. The number of rotatable bonds is 4. The summed E-state index contributed by atoms with van der Waals surface area (Å²) < 4.78 is 4.64. The van der Waals surface area contributed by atoms with Crippen LogP contribution in [0.2, 0.25) is 0 Å². The normalized spacial score (nSPS) is 11.6. The van der Waals surface area contributed by atoms with E-state index in [-0.39, 0.29) is 0 Å². The Morgan fingerprint density at radius 1 is 0.341 bits per heavy atom. The van der Waals surface area contributed by atoms with E-state index in [0.29, 0.717) is 0 Å². The highest BCUT2D eigenvalue weighted by molar-refractivity contribution is 6.21. The smallest absolute Gasteiger partial charge is 0.0547 e. The minimum atomic E-state index is 1.17. The number of nitrogens with zero attached hydrogens (tertiary/aromatic N) is 2. The van der Waals surface area contributed by atoms with E-state index in [2.05, 4.69) is 179 Å². The van der Waals surface area contributed by atoms with Crippen LogP contribution in [0.3, 0.4) is 0 Å². The average molecular weight is 561 g/mol. The zero-order valence-electron chi connectivity index (χ0n) is 24.1. The van der Waals surface area contributed by atoms with Gasteiger partial charge in [-0.05, 0) is 93.0 Å². The van der Waals surface area contributed by atoms with Crippen LogP contribution in [-0.4, -0.2) is 9.13 Å². The summed E-state index contributed by atoms with van der Waals surface area (Å²) in [7, 11) is 0. The maximum absolute atomic E-state index is 2.39. The molecular weight excluding hydrogens is 532 g/mol. The fourth-order valence-electron chi connectivity index (χ4n) is 6.80. The molecule has 0 aliphatic rings. The minimum Gasteiger partial charge on any atom is -0.317 e. The van der Waals surface area contributed by atoms with E-state index in [4.69, 9.17) is 0 Å². The Balaban J connectivity index is 1.11. The fourth-order valence-corrected chi connectivity index (χ4v) is 6.80. The van der Waals surface area contributed by atoms with Crippen molar-refractivity contribution in [3.8, 4) is 33.6 Å². The summed E-state index contributed by atoms with van der Waals surface area (Å²) in [6, 6.07) is 59.3. The number of fused-ring (bicyclic) bond motifs is 6. The molecule has 2 aromatic heterocycles. The molecule has 44 heavy (non-hydrogen) atoms. The van der Waals surface area contributed by atoms with Crippen LogP contribution < -0.4 is 0 Å². The van der Waals surface area contributed by atoms with Crippen molar-refractivity contribution in [3.63, 3.8) is 0 Å². The highest BCUT2D eigenvalue weighted by Gasteiger charge is 2.15. The van der Waals surface area contributed by atoms with E-state index in [1.807, 2.05) is 0 Å². The second-order valence-corrected chi connectivity index (χ2v) is 11.5. The summed E-state index contributed by atoms with van der Waals surface area (Å²) >= 11 is 0. The second kappa shape index (κ2) is 9.86. The van der Waals surface area contributed by atoms with Crippen LogP contribution in [0.1, 0.15) is 0 Å². The quantitative estimate of drug-likeness (QED) is 0.203. The zero-order chi connectivity index (χ0) is 29.0. The van der Waals surface area contributed by atoms with Gasteiger partial charge in [-0.2, -0.15) is 0 Å². The molecule has 0 aliphatic carbocycles. The maximum atomic E-state index is 2.39. The standard InChI is InChI=1S/C42H28N2/c1-2-10-36(11-3-1)44-40-24-21-34(28-38(40)42-37-12-6-4-8-32(37)20-25-41(42)44)31-16-14-29(15-17-31)30-18-22-35(23-19-30)43-27-26-33-9-5-7-13-39(33)43/h1-28H. The van der Waals surface area contributed by atoms with Gasteiger partial charge < -0.3 is 9.13 Å². The Morgan fingerprint density at radius 3 is 1.75 bits per heavy atom. The van der Waals surface area contributed by atoms with E-state index in [9.17, 15) is 0 Å². The van der Waals surface area contributed by atoms with Crippen LogP contribution in [0.25, 0.3) is 77.1 Å². The van der Waals surface area contributed by atoms with Crippen LogP contribution in [0.4, 0.5) is 0 Å². The Bertz CT molecular complexity index is 2460. The zero-order valence-corrected chi connectivity index (χ0v) is 24.1. The SMILES string of the molecule is c1ccc(-n2c3ccc(-c4ccc(-c5ccc(-n6ccc7ccccc76)cc5)cc4)cc3c3c4ccccc4ccc32)cc1. The topological polar surface area (TPSA) is 9.86 Å². The van der Waals surface area contributed by atoms with E-state index in [1.54, 1.807) is 0 Å². The van der Waals surface area contributed by atoms with Crippen LogP contribution in [0.15, 0.2) is 170 Å². The lowest BCUT2D eigenvalue weighted by molar-refractivity contribution is 1.13. The Hall–Kier alpha value is -5.86. The maximum Gasteiger partial charge on any atom is 0.0547 e. The van der Waals surface area contributed by atoms with Crippen LogP contribution >= 0.6 is 0 Å². The summed E-state index contributed by atoms with van der Waals surface area (Å²) in [6.45, 7) is 0. The fraction of sp³-hybridized carbons (Fsp3) is 0. The van der Waals surface area contributed by atoms with Crippen molar-refractivity contribution in [2.75, 3.05) is 0 Å². The number of para-hydroxylation sites is 2. The van der Waals surface area contributed by atoms with Crippen molar-refractivity contribution in [1.82, 2.24) is 9.13 Å². The molecule has 9 aromatic rings. The summed E-state index contributed by atoms with van der Waals surface area (Å²) in [4.78, 5) is 0. The summed E-state index contributed by atoms with van der Waals surface area (Å²) in [5.74, 6) is 0. The third kappa shape index (κ3) is 3.89. The molecule has 2 heteroatoms. The molecule has 2 nitrogen and oxygen atoms in total. The molecule has 7 aromatic carbocycles. The minimum absolute atomic E-state index is 1.17. The molecule has 0 aliphatic heterocycles. The van der Waals surface area contributed by atoms with Gasteiger partial charge in [0.2, 0.25) is 0 Å². The van der Waals surface area contributed by atoms with Gasteiger partial charge in [-0.25, -0.2) is 0 Å². The molecular formula is C42H28N2. The monoisotopic (exact) mass is 560 g/mol. The Kier molecular flexibility index (Phi) is 5.54. The lowest BCUT2D eigenvalue weighted by Gasteiger charge is -2.09. The van der Waals surface area contributed by atoms with Gasteiger partial charge in [0.15, 0.2) is 0 Å². The first-order valence-corrected chi connectivity index (χ1v) is 15.1. The largest absolute Gasteiger partial charge is 0.317 e. The van der Waals surface area contributed by atoms with Gasteiger partial charge in [0.25, 0.3) is 0 Å². The van der Waals surface area contributed by atoms with E-state index in [1.165, 1.54) is 77.1 Å². The molecule has 0 N–H and O–H groups in total. The molecule has 0 saturated heterocycles. The number of hydrogen-bond acceptors (Lipinski definition) is 0. The molecule has 0 atom stereocenters. The van der Waals surface area contributed by atoms with E-state index < -0.39 is 0 Å². The Labute approximate surface area is 255 Å². The molecule has 0 saturated carbocycles. The molecule has 0 unspecified atom stereocenters. The molecule has 0 fully saturated rings. The Morgan fingerprint density at radius 2 is 0.955 bits per heavy atom.